The van der Waals surface area contributed by atoms with Crippen LogP contribution in [-0.2, 0) is 17.7 Å². The van der Waals surface area contributed by atoms with Gasteiger partial charge in [0.05, 0.1) is 13.2 Å². The molecule has 1 aliphatic heterocycles. The highest BCUT2D eigenvalue weighted by atomic mass is 16.5. The van der Waals surface area contributed by atoms with Crippen molar-refractivity contribution in [2.24, 2.45) is 0 Å². The highest BCUT2D eigenvalue weighted by molar-refractivity contribution is 5.80. The summed E-state index contributed by atoms with van der Waals surface area (Å²) in [5, 5.41) is 13.5. The molecule has 0 saturated carbocycles. The van der Waals surface area contributed by atoms with Crippen LogP contribution in [0, 0.1) is 6.92 Å². The van der Waals surface area contributed by atoms with Crippen molar-refractivity contribution in [3.63, 3.8) is 0 Å². The molecule has 1 aliphatic rings. The number of nitrogens with zero attached hydrogens (tertiary/aromatic N) is 5. The number of anilines is 1. The largest absolute Gasteiger partial charge is 0.383 e. The van der Waals surface area contributed by atoms with Crippen LogP contribution in [0.1, 0.15) is 35.0 Å². The number of nitrogens with one attached hydrogen (secondary N) is 1. The highest BCUT2D eigenvalue weighted by Crippen LogP contribution is 2.36. The molecule has 0 unspecified atom stereocenters. The van der Waals surface area contributed by atoms with E-state index in [1.54, 1.807) is 11.8 Å². The summed E-state index contributed by atoms with van der Waals surface area (Å²) >= 11 is 0. The Labute approximate surface area is 185 Å². The zero-order valence-corrected chi connectivity index (χ0v) is 18.3. The fraction of sp³-hybridized carbons (Fsp3) is 0.333. The summed E-state index contributed by atoms with van der Waals surface area (Å²) < 4.78 is 7.00. The minimum Gasteiger partial charge on any atom is -0.383 e. The number of benzene rings is 2. The molecule has 8 nitrogen and oxygen atoms in total. The molecule has 0 radical (unpaired) electrons. The van der Waals surface area contributed by atoms with Crippen LogP contribution in [0.15, 0.2) is 53.3 Å². The maximum absolute atomic E-state index is 13.3. The van der Waals surface area contributed by atoms with E-state index in [0.29, 0.717) is 24.5 Å². The summed E-state index contributed by atoms with van der Waals surface area (Å²) in [6, 6.07) is 16.0. The van der Waals surface area contributed by atoms with Crippen molar-refractivity contribution in [2.75, 3.05) is 25.2 Å². The number of aromatic nitrogens is 5. The monoisotopic (exact) mass is 430 g/mol. The van der Waals surface area contributed by atoms with Crippen LogP contribution < -0.4 is 10.5 Å². The molecule has 0 bridgehead atoms. The Morgan fingerprint density at radius 2 is 2.06 bits per heavy atom. The number of aromatic amines is 1. The zero-order valence-electron chi connectivity index (χ0n) is 18.3. The Morgan fingerprint density at radius 3 is 2.94 bits per heavy atom. The van der Waals surface area contributed by atoms with Gasteiger partial charge in [0.15, 0.2) is 5.82 Å². The molecule has 0 amide bonds. The van der Waals surface area contributed by atoms with E-state index in [1.807, 2.05) is 31.2 Å². The smallest absolute Gasteiger partial charge is 0.254 e. The summed E-state index contributed by atoms with van der Waals surface area (Å²) in [4.78, 5) is 18.7. The standard InChI is InChI=1S/C24H26N6O2/c1-16-9-10-20-18(14-16)15-19(24(31)25-20)22(23-26-27-28-30(23)12-13-32-2)29-11-5-7-17-6-3-4-8-21(17)29/h3-4,6,8-10,14-15,22H,5,7,11-13H2,1-2H3,(H,25,31)/t22-/m1/s1. The summed E-state index contributed by atoms with van der Waals surface area (Å²) in [5.41, 5.74) is 4.85. The van der Waals surface area contributed by atoms with Crippen molar-refractivity contribution in [3.05, 3.63) is 81.4 Å². The first-order chi connectivity index (χ1) is 15.7. The number of rotatable bonds is 6. The van der Waals surface area contributed by atoms with E-state index in [9.17, 15) is 4.79 Å². The molecule has 3 heterocycles. The molecule has 2 aromatic carbocycles. The summed E-state index contributed by atoms with van der Waals surface area (Å²) in [6.07, 6.45) is 2.01. The van der Waals surface area contributed by atoms with Crippen LogP contribution >= 0.6 is 0 Å². The zero-order chi connectivity index (χ0) is 22.1. The first kappa shape index (κ1) is 20.4. The average molecular weight is 431 g/mol. The summed E-state index contributed by atoms with van der Waals surface area (Å²) in [6.45, 7) is 3.85. The van der Waals surface area contributed by atoms with Gasteiger partial charge in [-0.15, -0.1) is 5.10 Å². The lowest BCUT2D eigenvalue weighted by molar-refractivity contribution is 0.181. The molecular weight excluding hydrogens is 404 g/mol. The fourth-order valence-electron chi connectivity index (χ4n) is 4.57. The van der Waals surface area contributed by atoms with Crippen LogP contribution in [0.4, 0.5) is 5.69 Å². The molecule has 5 rings (SSSR count). The van der Waals surface area contributed by atoms with Gasteiger partial charge in [0.25, 0.3) is 5.56 Å². The van der Waals surface area contributed by atoms with Crippen LogP contribution in [0.5, 0.6) is 0 Å². The lowest BCUT2D eigenvalue weighted by Crippen LogP contribution is -2.38. The SMILES string of the molecule is COCCn1nnnc1[C@@H](c1cc2cc(C)ccc2[nH]c1=O)N1CCCc2ccccc21. The maximum atomic E-state index is 13.3. The fourth-order valence-corrected chi connectivity index (χ4v) is 4.57. The number of ether oxygens (including phenoxy) is 1. The van der Waals surface area contributed by atoms with E-state index in [2.05, 4.69) is 49.7 Å². The van der Waals surface area contributed by atoms with E-state index < -0.39 is 6.04 Å². The Bertz CT molecular complexity index is 1310. The van der Waals surface area contributed by atoms with Crippen molar-refractivity contribution < 1.29 is 4.74 Å². The van der Waals surface area contributed by atoms with E-state index >= 15 is 0 Å². The normalized spacial score (nSPS) is 14.5. The van der Waals surface area contributed by atoms with Crippen molar-refractivity contribution in [1.29, 1.82) is 0 Å². The van der Waals surface area contributed by atoms with Gasteiger partial charge in [-0.25, -0.2) is 4.68 Å². The molecule has 32 heavy (non-hydrogen) atoms. The first-order valence-electron chi connectivity index (χ1n) is 10.9. The predicted octanol–water partition coefficient (Wildman–Crippen LogP) is 3.01. The number of fused-ring (bicyclic) bond motifs is 2. The van der Waals surface area contributed by atoms with Gasteiger partial charge in [0, 0.05) is 30.4 Å². The molecule has 1 N–H and O–H groups in total. The molecule has 1 atom stereocenters. The number of para-hydroxylation sites is 1. The molecule has 4 aromatic rings. The Kier molecular flexibility index (Phi) is 5.45. The topological polar surface area (TPSA) is 88.9 Å². The number of aryl methyl sites for hydroxylation is 2. The molecule has 0 spiro atoms. The van der Waals surface area contributed by atoms with Crippen molar-refractivity contribution in [2.45, 2.75) is 32.4 Å². The van der Waals surface area contributed by atoms with Crippen LogP contribution in [0.25, 0.3) is 10.9 Å². The summed E-state index contributed by atoms with van der Waals surface area (Å²) in [5.74, 6) is 0.635. The van der Waals surface area contributed by atoms with Crippen LogP contribution in [-0.4, -0.2) is 45.5 Å². The van der Waals surface area contributed by atoms with Gasteiger partial charge in [0.1, 0.15) is 6.04 Å². The second-order valence-corrected chi connectivity index (χ2v) is 8.23. The molecule has 164 valence electrons. The maximum Gasteiger partial charge on any atom is 0.254 e. The van der Waals surface area contributed by atoms with E-state index in [-0.39, 0.29) is 5.56 Å². The summed E-state index contributed by atoms with van der Waals surface area (Å²) in [7, 11) is 1.65. The molecule has 0 fully saturated rings. The Balaban J connectivity index is 1.72. The van der Waals surface area contributed by atoms with Gasteiger partial charge < -0.3 is 14.6 Å². The third-order valence-corrected chi connectivity index (χ3v) is 6.09. The average Bonchev–Trinajstić information content (AvgIpc) is 3.26. The van der Waals surface area contributed by atoms with Crippen molar-refractivity contribution in [3.8, 4) is 0 Å². The highest BCUT2D eigenvalue weighted by Gasteiger charge is 2.33. The molecule has 0 aliphatic carbocycles. The van der Waals surface area contributed by atoms with Gasteiger partial charge in [0.2, 0.25) is 0 Å². The molecule has 0 saturated heterocycles. The number of methoxy groups -OCH3 is 1. The Hall–Kier alpha value is -3.52. The van der Waals surface area contributed by atoms with Gasteiger partial charge in [-0.05, 0) is 65.4 Å². The minimum absolute atomic E-state index is 0.129. The van der Waals surface area contributed by atoms with Gasteiger partial charge in [-0.3, -0.25) is 4.79 Å². The quantitative estimate of drug-likeness (QED) is 0.506. The van der Waals surface area contributed by atoms with Gasteiger partial charge >= 0.3 is 0 Å². The lowest BCUT2D eigenvalue weighted by atomic mass is 9.96. The number of hydrogen-bond donors (Lipinski definition) is 1. The molecule has 2 aromatic heterocycles. The van der Waals surface area contributed by atoms with Gasteiger partial charge in [-0.2, -0.15) is 0 Å². The molecular formula is C24H26N6O2. The predicted molar refractivity (Wildman–Crippen MR) is 123 cm³/mol. The third-order valence-electron chi connectivity index (χ3n) is 6.09. The van der Waals surface area contributed by atoms with E-state index in [4.69, 9.17) is 4.74 Å². The van der Waals surface area contributed by atoms with Crippen LogP contribution in [0.2, 0.25) is 0 Å². The second-order valence-electron chi connectivity index (χ2n) is 8.23. The van der Waals surface area contributed by atoms with Crippen molar-refractivity contribution in [1.82, 2.24) is 25.2 Å². The lowest BCUT2D eigenvalue weighted by Gasteiger charge is -2.37. The number of pyridine rings is 1. The second kappa shape index (κ2) is 8.55. The number of hydrogen-bond acceptors (Lipinski definition) is 6. The van der Waals surface area contributed by atoms with Gasteiger partial charge in [-0.1, -0.05) is 29.8 Å². The van der Waals surface area contributed by atoms with E-state index in [0.717, 1.165) is 41.5 Å². The van der Waals surface area contributed by atoms with Crippen LogP contribution in [0.3, 0.4) is 0 Å². The van der Waals surface area contributed by atoms with Crippen molar-refractivity contribution >= 4 is 16.6 Å². The number of H-pyrrole nitrogens is 1. The Morgan fingerprint density at radius 1 is 1.19 bits per heavy atom. The number of tetrazole rings is 1. The minimum atomic E-state index is -0.419. The third kappa shape index (κ3) is 3.67. The van der Waals surface area contributed by atoms with E-state index in [1.165, 1.54) is 5.56 Å². The molecule has 8 heteroatoms. The first-order valence-corrected chi connectivity index (χ1v) is 10.9.